The molecule has 3 aromatic carbocycles. The number of amides is 1. The van der Waals surface area contributed by atoms with Crippen molar-refractivity contribution in [3.8, 4) is 11.5 Å². The number of aromatic nitrogens is 1. The monoisotopic (exact) mass is 462 g/mol. The first kappa shape index (κ1) is 22.4. The number of carbonyl (C=O) groups is 1. The second kappa shape index (κ2) is 10.7. The lowest BCUT2D eigenvalue weighted by molar-refractivity contribution is 0.0991. The molecule has 33 heavy (non-hydrogen) atoms. The van der Waals surface area contributed by atoms with Crippen LogP contribution in [0.2, 0.25) is 5.02 Å². The van der Waals surface area contributed by atoms with E-state index in [9.17, 15) is 4.79 Å². The first-order valence-corrected chi connectivity index (χ1v) is 10.9. The Morgan fingerprint density at radius 3 is 2.03 bits per heavy atom. The third kappa shape index (κ3) is 6.14. The second-order valence-corrected chi connectivity index (χ2v) is 7.89. The van der Waals surface area contributed by atoms with Gasteiger partial charge in [0.05, 0.1) is 5.02 Å². The molecule has 0 spiro atoms. The van der Waals surface area contributed by atoms with E-state index >= 15 is 0 Å². The summed E-state index contributed by atoms with van der Waals surface area (Å²) in [7, 11) is 0. The fourth-order valence-electron chi connectivity index (χ4n) is 3.29. The normalized spacial score (nSPS) is 10.7. The summed E-state index contributed by atoms with van der Waals surface area (Å²) in [5, 5.41) is 4.17. The van der Waals surface area contributed by atoms with Gasteiger partial charge in [0.25, 0.3) is 5.91 Å². The zero-order valence-corrected chi connectivity index (χ0v) is 18.6. The van der Waals surface area contributed by atoms with Crippen LogP contribution < -0.4 is 15.2 Å². The maximum atomic E-state index is 11.3. The minimum absolute atomic E-state index is 0.105. The number of halogens is 1. The Kier molecular flexibility index (Phi) is 7.27. The van der Waals surface area contributed by atoms with Gasteiger partial charge in [-0.25, -0.2) is 0 Å². The lowest BCUT2D eigenvalue weighted by atomic mass is 10.1. The summed E-state index contributed by atoms with van der Waals surface area (Å²) >= 11 is 6.53. The molecular weight excluding hydrogens is 440 g/mol. The van der Waals surface area contributed by atoms with Crippen molar-refractivity contribution in [3.05, 3.63) is 112 Å². The molecule has 1 aromatic heterocycles. The molecule has 0 saturated carbocycles. The highest BCUT2D eigenvalue weighted by Crippen LogP contribution is 2.34. The van der Waals surface area contributed by atoms with Crippen molar-refractivity contribution < 1.29 is 18.8 Å². The van der Waals surface area contributed by atoms with Crippen LogP contribution in [0.5, 0.6) is 11.5 Å². The zero-order valence-electron chi connectivity index (χ0n) is 17.9. The van der Waals surface area contributed by atoms with Crippen LogP contribution in [-0.2, 0) is 26.1 Å². The first-order valence-electron chi connectivity index (χ1n) is 10.5. The third-order valence-electron chi connectivity index (χ3n) is 5.04. The van der Waals surface area contributed by atoms with Gasteiger partial charge in [0.2, 0.25) is 0 Å². The van der Waals surface area contributed by atoms with Gasteiger partial charge in [0.15, 0.2) is 5.69 Å². The van der Waals surface area contributed by atoms with E-state index in [0.29, 0.717) is 48.3 Å². The molecule has 4 aromatic rings. The Labute approximate surface area is 196 Å². The van der Waals surface area contributed by atoms with Crippen molar-refractivity contribution >= 4 is 17.5 Å². The topological polar surface area (TPSA) is 87.6 Å². The Balaban J connectivity index is 1.53. The largest absolute Gasteiger partial charge is 0.488 e. The molecular formula is C26H23ClN2O4. The number of ether oxygens (including phenoxy) is 2. The highest BCUT2D eigenvalue weighted by Gasteiger charge is 2.14. The van der Waals surface area contributed by atoms with E-state index in [1.807, 2.05) is 72.8 Å². The van der Waals surface area contributed by atoms with Crippen LogP contribution in [0.15, 0.2) is 83.4 Å². The molecule has 2 N–H and O–H groups in total. The Bertz CT molecular complexity index is 1210. The van der Waals surface area contributed by atoms with Gasteiger partial charge in [-0.2, -0.15) is 0 Å². The molecule has 0 radical (unpaired) electrons. The number of nitrogens with two attached hydrogens (primary N) is 1. The maximum absolute atomic E-state index is 11.3. The minimum atomic E-state index is -0.625. The van der Waals surface area contributed by atoms with Crippen molar-refractivity contribution in [2.45, 2.75) is 26.1 Å². The van der Waals surface area contributed by atoms with Crippen LogP contribution in [-0.4, -0.2) is 11.1 Å². The van der Waals surface area contributed by atoms with Gasteiger partial charge in [-0.1, -0.05) is 77.4 Å². The first-order chi connectivity index (χ1) is 16.1. The van der Waals surface area contributed by atoms with Crippen LogP contribution in [0.4, 0.5) is 0 Å². The number of rotatable bonds is 10. The number of hydrogen-bond acceptors (Lipinski definition) is 5. The molecule has 0 saturated heterocycles. The standard InChI is InChI=1S/C26H23ClN2O4/c27-22-13-20(11-12-21-14-23(26(28)30)29-33-21)24(31-16-18-7-3-1-4-8-18)15-25(22)32-17-19-9-5-2-6-10-19/h1-10,13-15H,11-12,16-17H2,(H2,28,30). The quantitative estimate of drug-likeness (QED) is 0.342. The summed E-state index contributed by atoms with van der Waals surface area (Å²) in [5.41, 5.74) is 8.33. The van der Waals surface area contributed by atoms with Gasteiger partial charge < -0.3 is 19.7 Å². The second-order valence-electron chi connectivity index (χ2n) is 7.48. The molecule has 0 aliphatic carbocycles. The molecule has 0 unspecified atom stereocenters. The van der Waals surface area contributed by atoms with E-state index in [4.69, 9.17) is 31.3 Å². The summed E-state index contributed by atoms with van der Waals surface area (Å²) in [4.78, 5) is 11.3. The van der Waals surface area contributed by atoms with Crippen molar-refractivity contribution in [1.29, 1.82) is 0 Å². The summed E-state index contributed by atoms with van der Waals surface area (Å²) < 4.78 is 17.3. The molecule has 0 fully saturated rings. The zero-order chi connectivity index (χ0) is 23.0. The lowest BCUT2D eigenvalue weighted by Crippen LogP contribution is -2.10. The number of primary amides is 1. The molecule has 1 heterocycles. The average Bonchev–Trinajstić information content (AvgIpc) is 3.32. The molecule has 0 atom stereocenters. The molecule has 4 rings (SSSR count). The van der Waals surface area contributed by atoms with E-state index in [1.54, 1.807) is 6.07 Å². The van der Waals surface area contributed by atoms with Crippen LogP contribution >= 0.6 is 11.6 Å². The highest BCUT2D eigenvalue weighted by molar-refractivity contribution is 6.32. The van der Waals surface area contributed by atoms with Crippen molar-refractivity contribution in [2.75, 3.05) is 0 Å². The van der Waals surface area contributed by atoms with Crippen LogP contribution in [0.1, 0.15) is 32.9 Å². The Morgan fingerprint density at radius 2 is 1.45 bits per heavy atom. The van der Waals surface area contributed by atoms with E-state index in [-0.39, 0.29) is 5.69 Å². The van der Waals surface area contributed by atoms with Gasteiger partial charge in [-0.15, -0.1) is 0 Å². The molecule has 168 valence electrons. The SMILES string of the molecule is NC(=O)c1cc(CCc2cc(Cl)c(OCc3ccccc3)cc2OCc2ccccc2)on1. The van der Waals surface area contributed by atoms with Gasteiger partial charge >= 0.3 is 0 Å². The van der Waals surface area contributed by atoms with E-state index in [0.717, 1.165) is 16.7 Å². The van der Waals surface area contributed by atoms with Crippen LogP contribution in [0.3, 0.4) is 0 Å². The number of aryl methyl sites for hydroxylation is 2. The Hall–Kier alpha value is -3.77. The minimum Gasteiger partial charge on any atom is -0.488 e. The number of benzene rings is 3. The fourth-order valence-corrected chi connectivity index (χ4v) is 3.53. The summed E-state index contributed by atoms with van der Waals surface area (Å²) in [6.45, 7) is 0.799. The van der Waals surface area contributed by atoms with E-state index in [2.05, 4.69) is 5.16 Å². The van der Waals surface area contributed by atoms with Gasteiger partial charge in [0.1, 0.15) is 30.5 Å². The summed E-state index contributed by atoms with van der Waals surface area (Å²) in [5.74, 6) is 1.14. The molecule has 0 bridgehead atoms. The smallest absolute Gasteiger partial charge is 0.270 e. The third-order valence-corrected chi connectivity index (χ3v) is 5.34. The maximum Gasteiger partial charge on any atom is 0.270 e. The molecule has 0 aliphatic heterocycles. The predicted molar refractivity (Wildman–Crippen MR) is 125 cm³/mol. The summed E-state index contributed by atoms with van der Waals surface area (Å²) in [6.07, 6.45) is 1.07. The molecule has 6 nitrogen and oxygen atoms in total. The average molecular weight is 463 g/mol. The molecule has 7 heteroatoms. The number of hydrogen-bond donors (Lipinski definition) is 1. The van der Waals surface area contributed by atoms with Gasteiger partial charge in [0, 0.05) is 18.6 Å². The van der Waals surface area contributed by atoms with Crippen molar-refractivity contribution in [1.82, 2.24) is 5.16 Å². The summed E-state index contributed by atoms with van der Waals surface area (Å²) in [6, 6.07) is 25.0. The van der Waals surface area contributed by atoms with Crippen molar-refractivity contribution in [3.63, 3.8) is 0 Å². The predicted octanol–water partition coefficient (Wildman–Crippen LogP) is 5.37. The van der Waals surface area contributed by atoms with Crippen LogP contribution in [0.25, 0.3) is 0 Å². The van der Waals surface area contributed by atoms with Crippen molar-refractivity contribution in [2.24, 2.45) is 5.73 Å². The van der Waals surface area contributed by atoms with E-state index < -0.39 is 5.91 Å². The number of carbonyl (C=O) groups excluding carboxylic acids is 1. The molecule has 1 amide bonds. The van der Waals surface area contributed by atoms with Gasteiger partial charge in [-0.3, -0.25) is 4.79 Å². The fraction of sp³-hybridized carbons (Fsp3) is 0.154. The highest BCUT2D eigenvalue weighted by atomic mass is 35.5. The van der Waals surface area contributed by atoms with Gasteiger partial charge in [-0.05, 0) is 29.2 Å². The Morgan fingerprint density at radius 1 is 0.848 bits per heavy atom. The van der Waals surface area contributed by atoms with Crippen LogP contribution in [0, 0.1) is 0 Å². The molecule has 0 aliphatic rings. The lowest BCUT2D eigenvalue weighted by Gasteiger charge is -2.15. The number of nitrogens with zero attached hydrogens (tertiary/aromatic N) is 1. The van der Waals surface area contributed by atoms with E-state index in [1.165, 1.54) is 0 Å².